The van der Waals surface area contributed by atoms with Crippen LogP contribution in [0.5, 0.6) is 11.5 Å². The molecule has 1 aromatic heterocycles. The second kappa shape index (κ2) is 4.59. The standard InChI is InChI=1S/C15H9NO4/c1-18-9-4-5-13-12(6-9)15(17)14(20-13)7-10-2-3-11(8-16)19-10/h2-7H,1H3/b14-7+. The van der Waals surface area contributed by atoms with E-state index in [1.54, 1.807) is 24.3 Å². The van der Waals surface area contributed by atoms with Crippen LogP contribution in [0.4, 0.5) is 0 Å². The molecule has 0 aliphatic carbocycles. The second-order valence-corrected chi connectivity index (χ2v) is 4.12. The summed E-state index contributed by atoms with van der Waals surface area (Å²) >= 11 is 0. The molecule has 0 fully saturated rings. The third kappa shape index (κ3) is 1.93. The third-order valence-electron chi connectivity index (χ3n) is 2.89. The minimum absolute atomic E-state index is 0.159. The van der Waals surface area contributed by atoms with Gasteiger partial charge in [0.25, 0.3) is 0 Å². The van der Waals surface area contributed by atoms with Crippen LogP contribution in [-0.2, 0) is 0 Å². The molecule has 20 heavy (non-hydrogen) atoms. The van der Waals surface area contributed by atoms with Crippen molar-refractivity contribution < 1.29 is 18.7 Å². The Morgan fingerprint density at radius 2 is 2.15 bits per heavy atom. The number of nitrogens with zero attached hydrogens (tertiary/aromatic N) is 1. The Hall–Kier alpha value is -3.00. The molecular formula is C15H9NO4. The number of carbonyl (C=O) groups excluding carboxylic acids is 1. The van der Waals surface area contributed by atoms with Crippen molar-refractivity contribution in [2.75, 3.05) is 7.11 Å². The first-order valence-corrected chi connectivity index (χ1v) is 5.83. The smallest absolute Gasteiger partial charge is 0.232 e. The van der Waals surface area contributed by atoms with Gasteiger partial charge in [0.1, 0.15) is 23.3 Å². The lowest BCUT2D eigenvalue weighted by molar-refractivity contribution is 0.101. The number of hydrogen-bond donors (Lipinski definition) is 0. The number of fused-ring (bicyclic) bond motifs is 1. The molecule has 0 atom stereocenters. The van der Waals surface area contributed by atoms with Crippen molar-refractivity contribution in [3.05, 3.63) is 53.2 Å². The van der Waals surface area contributed by atoms with Gasteiger partial charge in [0, 0.05) is 6.08 Å². The van der Waals surface area contributed by atoms with Gasteiger partial charge >= 0.3 is 0 Å². The maximum absolute atomic E-state index is 12.2. The zero-order valence-electron chi connectivity index (χ0n) is 10.5. The van der Waals surface area contributed by atoms with Crippen LogP contribution in [0.25, 0.3) is 6.08 Å². The molecule has 0 unspecified atom stereocenters. The summed E-state index contributed by atoms with van der Waals surface area (Å²) in [6, 6.07) is 10.0. The summed E-state index contributed by atoms with van der Waals surface area (Å²) in [4.78, 5) is 12.2. The van der Waals surface area contributed by atoms with Crippen molar-refractivity contribution in [3.8, 4) is 17.6 Å². The summed E-state index contributed by atoms with van der Waals surface area (Å²) in [5.41, 5.74) is 0.447. The molecule has 1 aromatic carbocycles. The minimum Gasteiger partial charge on any atom is -0.497 e. The number of rotatable bonds is 2. The first-order chi connectivity index (χ1) is 9.71. The number of nitriles is 1. The molecule has 0 radical (unpaired) electrons. The highest BCUT2D eigenvalue weighted by Crippen LogP contribution is 2.34. The molecule has 3 rings (SSSR count). The van der Waals surface area contributed by atoms with Gasteiger partial charge in [-0.25, -0.2) is 0 Å². The topological polar surface area (TPSA) is 72.5 Å². The van der Waals surface area contributed by atoms with Crippen LogP contribution >= 0.6 is 0 Å². The molecule has 0 saturated heterocycles. The van der Waals surface area contributed by atoms with Gasteiger partial charge < -0.3 is 13.9 Å². The number of allylic oxidation sites excluding steroid dienone is 1. The van der Waals surface area contributed by atoms with Crippen LogP contribution in [0.2, 0.25) is 0 Å². The average molecular weight is 267 g/mol. The highest BCUT2D eigenvalue weighted by atomic mass is 16.5. The monoisotopic (exact) mass is 267 g/mol. The molecule has 0 N–H and O–H groups in total. The SMILES string of the molecule is COc1ccc2c(c1)C(=O)/C(=C\c1ccc(C#N)o1)O2. The van der Waals surface area contributed by atoms with Crippen molar-refractivity contribution >= 4 is 11.9 Å². The van der Waals surface area contributed by atoms with E-state index in [0.29, 0.717) is 22.8 Å². The lowest BCUT2D eigenvalue weighted by atomic mass is 10.1. The van der Waals surface area contributed by atoms with Gasteiger partial charge in [0.05, 0.1) is 12.7 Å². The van der Waals surface area contributed by atoms with E-state index in [9.17, 15) is 4.79 Å². The van der Waals surface area contributed by atoms with Crippen LogP contribution in [0.1, 0.15) is 21.9 Å². The highest BCUT2D eigenvalue weighted by molar-refractivity contribution is 6.14. The van der Waals surface area contributed by atoms with Crippen molar-refractivity contribution in [1.29, 1.82) is 5.26 Å². The van der Waals surface area contributed by atoms with Gasteiger partial charge in [-0.05, 0) is 30.3 Å². The summed E-state index contributed by atoms with van der Waals surface area (Å²) in [6.45, 7) is 0. The summed E-state index contributed by atoms with van der Waals surface area (Å²) in [5, 5.41) is 8.69. The Bertz CT molecular complexity index is 764. The minimum atomic E-state index is -0.242. The highest BCUT2D eigenvalue weighted by Gasteiger charge is 2.28. The third-order valence-corrected chi connectivity index (χ3v) is 2.89. The number of benzene rings is 1. The number of ether oxygens (including phenoxy) is 2. The first kappa shape index (κ1) is 12.1. The van der Waals surface area contributed by atoms with E-state index in [1.807, 2.05) is 6.07 Å². The fourth-order valence-corrected chi connectivity index (χ4v) is 1.91. The molecule has 0 amide bonds. The predicted octanol–water partition coefficient (Wildman–Crippen LogP) is 2.78. The van der Waals surface area contributed by atoms with E-state index in [4.69, 9.17) is 19.2 Å². The first-order valence-electron chi connectivity index (χ1n) is 5.83. The van der Waals surface area contributed by atoms with E-state index >= 15 is 0 Å². The molecule has 1 aliphatic heterocycles. The van der Waals surface area contributed by atoms with E-state index in [-0.39, 0.29) is 17.3 Å². The Morgan fingerprint density at radius 3 is 2.85 bits per heavy atom. The van der Waals surface area contributed by atoms with Gasteiger partial charge in [-0.3, -0.25) is 4.79 Å². The molecule has 2 heterocycles. The van der Waals surface area contributed by atoms with Crippen LogP contribution in [-0.4, -0.2) is 12.9 Å². The van der Waals surface area contributed by atoms with Crippen molar-refractivity contribution in [2.45, 2.75) is 0 Å². The van der Waals surface area contributed by atoms with E-state index in [2.05, 4.69) is 0 Å². The van der Waals surface area contributed by atoms with Gasteiger partial charge in [-0.15, -0.1) is 0 Å². The van der Waals surface area contributed by atoms with Crippen molar-refractivity contribution in [3.63, 3.8) is 0 Å². The van der Waals surface area contributed by atoms with E-state index in [1.165, 1.54) is 19.3 Å². The molecule has 98 valence electrons. The van der Waals surface area contributed by atoms with Crippen molar-refractivity contribution in [1.82, 2.24) is 0 Å². The Labute approximate surface area is 114 Å². The Balaban J connectivity index is 1.95. The number of hydrogen-bond acceptors (Lipinski definition) is 5. The lowest BCUT2D eigenvalue weighted by Gasteiger charge is -2.00. The van der Waals surface area contributed by atoms with Crippen LogP contribution in [0.3, 0.4) is 0 Å². The molecular weight excluding hydrogens is 258 g/mol. The van der Waals surface area contributed by atoms with Crippen molar-refractivity contribution in [2.24, 2.45) is 0 Å². The number of Topliss-reactive ketones (excluding diaryl/α,β-unsaturated/α-hetero) is 1. The second-order valence-electron chi connectivity index (χ2n) is 4.12. The summed E-state index contributed by atoms with van der Waals surface area (Å²) in [7, 11) is 1.53. The zero-order chi connectivity index (χ0) is 14.1. The van der Waals surface area contributed by atoms with E-state index in [0.717, 1.165) is 0 Å². The zero-order valence-corrected chi connectivity index (χ0v) is 10.5. The normalized spacial score (nSPS) is 14.8. The van der Waals surface area contributed by atoms with Gasteiger partial charge in [0.15, 0.2) is 5.76 Å². The summed E-state index contributed by atoms with van der Waals surface area (Å²) < 4.78 is 15.7. The predicted molar refractivity (Wildman–Crippen MR) is 69.4 cm³/mol. The van der Waals surface area contributed by atoms with Crippen LogP contribution < -0.4 is 9.47 Å². The lowest BCUT2D eigenvalue weighted by Crippen LogP contribution is -1.97. The summed E-state index contributed by atoms with van der Waals surface area (Å²) in [6.07, 6.45) is 1.47. The number of methoxy groups -OCH3 is 1. The maximum atomic E-state index is 12.2. The molecule has 0 spiro atoms. The van der Waals surface area contributed by atoms with Crippen LogP contribution in [0.15, 0.2) is 40.5 Å². The molecule has 0 bridgehead atoms. The molecule has 5 nitrogen and oxygen atoms in total. The number of ketones is 1. The van der Waals surface area contributed by atoms with Crippen LogP contribution in [0, 0.1) is 11.3 Å². The molecule has 5 heteroatoms. The van der Waals surface area contributed by atoms with Gasteiger partial charge in [-0.2, -0.15) is 5.26 Å². The fourth-order valence-electron chi connectivity index (χ4n) is 1.91. The number of furan rings is 1. The van der Waals surface area contributed by atoms with E-state index < -0.39 is 0 Å². The molecule has 2 aromatic rings. The fraction of sp³-hybridized carbons (Fsp3) is 0.0667. The Morgan fingerprint density at radius 1 is 1.30 bits per heavy atom. The number of carbonyl (C=O) groups is 1. The largest absolute Gasteiger partial charge is 0.497 e. The summed E-state index contributed by atoms with van der Waals surface area (Å²) in [5.74, 6) is 1.56. The Kier molecular flexibility index (Phi) is 2.77. The average Bonchev–Trinajstić information content (AvgIpc) is 3.05. The van der Waals surface area contributed by atoms with Gasteiger partial charge in [0.2, 0.25) is 11.5 Å². The quantitative estimate of drug-likeness (QED) is 0.782. The van der Waals surface area contributed by atoms with Gasteiger partial charge in [-0.1, -0.05) is 0 Å². The maximum Gasteiger partial charge on any atom is 0.232 e. The molecule has 0 saturated carbocycles. The molecule has 1 aliphatic rings.